The minimum absolute atomic E-state index is 0.322. The summed E-state index contributed by atoms with van der Waals surface area (Å²) in [5.74, 6) is 0. The van der Waals surface area contributed by atoms with Crippen LogP contribution in [0.3, 0.4) is 0 Å². The van der Waals surface area contributed by atoms with Gasteiger partial charge in [0.15, 0.2) is 0 Å². The van der Waals surface area contributed by atoms with Crippen molar-refractivity contribution < 1.29 is 5.11 Å². The van der Waals surface area contributed by atoms with Crippen LogP contribution in [0.1, 0.15) is 25.0 Å². The van der Waals surface area contributed by atoms with E-state index in [1.54, 1.807) is 0 Å². The summed E-state index contributed by atoms with van der Waals surface area (Å²) >= 11 is 0. The maximum absolute atomic E-state index is 9.71. The molecule has 1 heterocycles. The number of aliphatic hydroxyl groups excluding tert-OH is 1. The van der Waals surface area contributed by atoms with Gasteiger partial charge in [0.1, 0.15) is 0 Å². The number of nitrogens with one attached hydrogen (secondary N) is 1. The summed E-state index contributed by atoms with van der Waals surface area (Å²) in [6.45, 7) is 6.24. The third kappa shape index (κ3) is 2.54. The number of piperazine rings is 1. The molecule has 0 bridgehead atoms. The van der Waals surface area contributed by atoms with Crippen LogP contribution < -0.4 is 10.2 Å². The largest absolute Gasteiger partial charge is 0.388 e. The van der Waals surface area contributed by atoms with E-state index < -0.39 is 0 Å². The Bertz CT molecular complexity index is 317. The van der Waals surface area contributed by atoms with Gasteiger partial charge >= 0.3 is 0 Å². The topological polar surface area (TPSA) is 35.5 Å². The van der Waals surface area contributed by atoms with E-state index in [-0.39, 0.29) is 6.10 Å². The number of anilines is 1. The Morgan fingerprint density at radius 1 is 1.25 bits per heavy atom. The SMILES string of the molecule is CC[C@@H](O)c1ccc(N2CCNCC2)cc1. The lowest BCUT2D eigenvalue weighted by Gasteiger charge is -2.29. The van der Waals surface area contributed by atoms with Crippen LogP contribution in [0, 0.1) is 0 Å². The minimum atomic E-state index is -0.322. The van der Waals surface area contributed by atoms with Gasteiger partial charge in [-0.25, -0.2) is 0 Å². The maximum Gasteiger partial charge on any atom is 0.0787 e. The molecule has 3 nitrogen and oxygen atoms in total. The number of hydrogen-bond donors (Lipinski definition) is 2. The first kappa shape index (κ1) is 11.4. The highest BCUT2D eigenvalue weighted by atomic mass is 16.3. The van der Waals surface area contributed by atoms with E-state index in [0.717, 1.165) is 38.2 Å². The second-order valence-electron chi connectivity index (χ2n) is 4.25. The number of benzene rings is 1. The van der Waals surface area contributed by atoms with Gasteiger partial charge in [-0.2, -0.15) is 0 Å². The molecule has 1 atom stereocenters. The molecular formula is C13H20N2O. The van der Waals surface area contributed by atoms with Gasteiger partial charge < -0.3 is 15.3 Å². The van der Waals surface area contributed by atoms with Crippen LogP contribution in [0.4, 0.5) is 5.69 Å². The highest BCUT2D eigenvalue weighted by Gasteiger charge is 2.11. The molecule has 2 N–H and O–H groups in total. The Morgan fingerprint density at radius 3 is 2.44 bits per heavy atom. The molecule has 0 radical (unpaired) electrons. The minimum Gasteiger partial charge on any atom is -0.388 e. The van der Waals surface area contributed by atoms with E-state index >= 15 is 0 Å². The predicted octanol–water partition coefficient (Wildman–Crippen LogP) is 1.54. The molecule has 1 aliphatic rings. The van der Waals surface area contributed by atoms with Gasteiger partial charge in [0, 0.05) is 31.9 Å². The van der Waals surface area contributed by atoms with Crippen LogP contribution in [0.5, 0.6) is 0 Å². The van der Waals surface area contributed by atoms with Gasteiger partial charge in [0.2, 0.25) is 0 Å². The van der Waals surface area contributed by atoms with E-state index in [1.165, 1.54) is 5.69 Å². The maximum atomic E-state index is 9.71. The van der Waals surface area contributed by atoms with Crippen LogP contribution >= 0.6 is 0 Å². The third-order valence-corrected chi connectivity index (χ3v) is 3.15. The monoisotopic (exact) mass is 220 g/mol. The summed E-state index contributed by atoms with van der Waals surface area (Å²) in [7, 11) is 0. The average Bonchev–Trinajstić information content (AvgIpc) is 2.39. The second kappa shape index (κ2) is 5.32. The van der Waals surface area contributed by atoms with E-state index in [4.69, 9.17) is 0 Å². The first-order valence-electron chi connectivity index (χ1n) is 6.05. The van der Waals surface area contributed by atoms with Crippen LogP contribution in [-0.4, -0.2) is 31.3 Å². The molecule has 0 aromatic heterocycles. The van der Waals surface area contributed by atoms with Gasteiger partial charge in [0.25, 0.3) is 0 Å². The number of rotatable bonds is 3. The molecule has 2 rings (SSSR count). The molecule has 1 aromatic rings. The molecular weight excluding hydrogens is 200 g/mol. The molecule has 1 fully saturated rings. The average molecular weight is 220 g/mol. The van der Waals surface area contributed by atoms with Crippen LogP contribution in [0.25, 0.3) is 0 Å². The molecule has 0 aliphatic carbocycles. The Labute approximate surface area is 97.1 Å². The molecule has 0 spiro atoms. The molecule has 1 aromatic carbocycles. The van der Waals surface area contributed by atoms with Gasteiger partial charge in [-0.05, 0) is 24.1 Å². The third-order valence-electron chi connectivity index (χ3n) is 3.15. The van der Waals surface area contributed by atoms with Crippen molar-refractivity contribution in [3.8, 4) is 0 Å². The molecule has 0 unspecified atom stereocenters. The predicted molar refractivity (Wildman–Crippen MR) is 66.8 cm³/mol. The van der Waals surface area contributed by atoms with Gasteiger partial charge in [-0.15, -0.1) is 0 Å². The van der Waals surface area contributed by atoms with Gasteiger partial charge in [-0.3, -0.25) is 0 Å². The van der Waals surface area contributed by atoms with Crippen molar-refractivity contribution in [2.45, 2.75) is 19.4 Å². The zero-order chi connectivity index (χ0) is 11.4. The summed E-state index contributed by atoms with van der Waals surface area (Å²) in [6.07, 6.45) is 0.449. The van der Waals surface area contributed by atoms with Crippen LogP contribution in [0.15, 0.2) is 24.3 Å². The summed E-state index contributed by atoms with van der Waals surface area (Å²) in [4.78, 5) is 2.37. The molecule has 16 heavy (non-hydrogen) atoms. The molecule has 3 heteroatoms. The van der Waals surface area contributed by atoms with Crippen molar-refractivity contribution in [1.29, 1.82) is 0 Å². The quantitative estimate of drug-likeness (QED) is 0.811. The van der Waals surface area contributed by atoms with Crippen molar-refractivity contribution in [3.63, 3.8) is 0 Å². The van der Waals surface area contributed by atoms with E-state index in [1.807, 2.05) is 19.1 Å². The number of nitrogens with zero attached hydrogens (tertiary/aromatic N) is 1. The van der Waals surface area contributed by atoms with Crippen molar-refractivity contribution >= 4 is 5.69 Å². The van der Waals surface area contributed by atoms with Crippen LogP contribution in [0.2, 0.25) is 0 Å². The summed E-state index contributed by atoms with van der Waals surface area (Å²) < 4.78 is 0. The van der Waals surface area contributed by atoms with E-state index in [0.29, 0.717) is 0 Å². The molecule has 1 saturated heterocycles. The fourth-order valence-corrected chi connectivity index (χ4v) is 2.07. The zero-order valence-electron chi connectivity index (χ0n) is 9.82. The van der Waals surface area contributed by atoms with E-state index in [2.05, 4.69) is 22.3 Å². The lowest BCUT2D eigenvalue weighted by atomic mass is 10.1. The normalized spacial score (nSPS) is 18.5. The standard InChI is InChI=1S/C13H20N2O/c1-2-13(16)11-3-5-12(6-4-11)15-9-7-14-8-10-15/h3-6,13-14,16H,2,7-10H2,1H3/t13-/m1/s1. The highest BCUT2D eigenvalue weighted by Crippen LogP contribution is 2.21. The van der Waals surface area contributed by atoms with Gasteiger partial charge in [-0.1, -0.05) is 19.1 Å². The molecule has 1 aliphatic heterocycles. The van der Waals surface area contributed by atoms with Crippen LogP contribution in [-0.2, 0) is 0 Å². The van der Waals surface area contributed by atoms with E-state index in [9.17, 15) is 5.11 Å². The summed E-state index contributed by atoms with van der Waals surface area (Å²) in [5.41, 5.74) is 2.27. The van der Waals surface area contributed by atoms with Crippen molar-refractivity contribution in [2.75, 3.05) is 31.1 Å². The smallest absolute Gasteiger partial charge is 0.0787 e. The van der Waals surface area contributed by atoms with Gasteiger partial charge in [0.05, 0.1) is 6.10 Å². The Hall–Kier alpha value is -1.06. The molecule has 0 saturated carbocycles. The summed E-state index contributed by atoms with van der Waals surface area (Å²) in [6, 6.07) is 8.29. The first-order chi connectivity index (χ1) is 7.81. The fraction of sp³-hybridized carbons (Fsp3) is 0.538. The Balaban J connectivity index is 2.06. The molecule has 88 valence electrons. The zero-order valence-corrected chi connectivity index (χ0v) is 9.82. The fourth-order valence-electron chi connectivity index (χ4n) is 2.07. The van der Waals surface area contributed by atoms with Crippen molar-refractivity contribution in [3.05, 3.63) is 29.8 Å². The lowest BCUT2D eigenvalue weighted by Crippen LogP contribution is -2.43. The molecule has 0 amide bonds. The summed E-state index contributed by atoms with van der Waals surface area (Å²) in [5, 5.41) is 13.0. The van der Waals surface area contributed by atoms with Crippen molar-refractivity contribution in [1.82, 2.24) is 5.32 Å². The number of aliphatic hydroxyl groups is 1. The Morgan fingerprint density at radius 2 is 1.88 bits per heavy atom. The number of hydrogen-bond acceptors (Lipinski definition) is 3. The first-order valence-corrected chi connectivity index (χ1v) is 6.05. The highest BCUT2D eigenvalue weighted by molar-refractivity contribution is 5.48. The lowest BCUT2D eigenvalue weighted by molar-refractivity contribution is 0.173. The Kier molecular flexibility index (Phi) is 3.80. The second-order valence-corrected chi connectivity index (χ2v) is 4.25. The van der Waals surface area contributed by atoms with Crippen molar-refractivity contribution in [2.24, 2.45) is 0 Å².